The fourth-order valence-electron chi connectivity index (χ4n) is 0.822. The predicted molar refractivity (Wildman–Crippen MR) is 52.9 cm³/mol. The molecular weight excluding hydrogens is 200 g/mol. The molecule has 1 unspecified atom stereocenters. The summed E-state index contributed by atoms with van der Waals surface area (Å²) in [5.74, 6) is -1.99. The van der Waals surface area contributed by atoms with E-state index in [1.54, 1.807) is 0 Å². The highest BCUT2D eigenvalue weighted by Crippen LogP contribution is 2.13. The first-order chi connectivity index (χ1) is 6.88. The second-order valence-corrected chi connectivity index (χ2v) is 3.03. The number of esters is 1. The van der Waals surface area contributed by atoms with E-state index in [0.29, 0.717) is 0 Å². The van der Waals surface area contributed by atoms with E-state index in [0.717, 1.165) is 6.08 Å². The number of carboxylic acids is 1. The van der Waals surface area contributed by atoms with Crippen molar-refractivity contribution in [3.63, 3.8) is 0 Å². The Morgan fingerprint density at radius 3 is 2.40 bits per heavy atom. The largest absolute Gasteiger partial charge is 0.478 e. The molecule has 1 atom stereocenters. The Morgan fingerprint density at radius 2 is 2.07 bits per heavy atom. The Morgan fingerprint density at radius 1 is 1.53 bits per heavy atom. The average molecular weight is 214 g/mol. The van der Waals surface area contributed by atoms with E-state index in [4.69, 9.17) is 14.9 Å². The van der Waals surface area contributed by atoms with Gasteiger partial charge in [-0.2, -0.15) is 0 Å². The van der Waals surface area contributed by atoms with Crippen molar-refractivity contribution in [2.45, 2.75) is 26.4 Å². The van der Waals surface area contributed by atoms with E-state index >= 15 is 0 Å². The summed E-state index contributed by atoms with van der Waals surface area (Å²) < 4.78 is 4.72. The molecule has 0 fully saturated rings. The van der Waals surface area contributed by atoms with Gasteiger partial charge in [-0.3, -0.25) is 0 Å². The van der Waals surface area contributed by atoms with Crippen molar-refractivity contribution < 1.29 is 24.5 Å². The van der Waals surface area contributed by atoms with Crippen LogP contribution in [0.3, 0.4) is 0 Å². The van der Waals surface area contributed by atoms with Gasteiger partial charge < -0.3 is 14.9 Å². The standard InChI is InChI=1S/C10H14O5/c1-4-9(12)15-8(5-6(2)11)7(3)10(13)14/h4,6,11H,1,5H2,2-3H3,(H,13,14)/b8-7+. The highest BCUT2D eigenvalue weighted by atomic mass is 16.5. The van der Waals surface area contributed by atoms with Gasteiger partial charge in [-0.25, -0.2) is 9.59 Å². The molecule has 0 rings (SSSR count). The molecule has 0 amide bonds. The van der Waals surface area contributed by atoms with Crippen molar-refractivity contribution in [2.75, 3.05) is 0 Å². The third kappa shape index (κ3) is 4.97. The molecule has 5 nitrogen and oxygen atoms in total. The van der Waals surface area contributed by atoms with Gasteiger partial charge in [0.25, 0.3) is 0 Å². The summed E-state index contributed by atoms with van der Waals surface area (Å²) >= 11 is 0. The molecule has 0 spiro atoms. The van der Waals surface area contributed by atoms with Crippen LogP contribution in [-0.4, -0.2) is 28.3 Å². The lowest BCUT2D eigenvalue weighted by Gasteiger charge is -2.10. The van der Waals surface area contributed by atoms with E-state index in [1.807, 2.05) is 0 Å². The van der Waals surface area contributed by atoms with Gasteiger partial charge >= 0.3 is 11.9 Å². The lowest BCUT2D eigenvalue weighted by molar-refractivity contribution is -0.135. The molecular formula is C10H14O5. The van der Waals surface area contributed by atoms with Gasteiger partial charge in [0.15, 0.2) is 0 Å². The first-order valence-corrected chi connectivity index (χ1v) is 4.33. The van der Waals surface area contributed by atoms with Crippen LogP contribution in [0.15, 0.2) is 24.0 Å². The fourth-order valence-corrected chi connectivity index (χ4v) is 0.822. The van der Waals surface area contributed by atoms with Crippen LogP contribution in [0, 0.1) is 0 Å². The van der Waals surface area contributed by atoms with Crippen molar-refractivity contribution in [1.29, 1.82) is 0 Å². The average Bonchev–Trinajstić information content (AvgIpc) is 2.14. The van der Waals surface area contributed by atoms with Crippen molar-refractivity contribution in [2.24, 2.45) is 0 Å². The van der Waals surface area contributed by atoms with Crippen LogP contribution in [0.5, 0.6) is 0 Å². The quantitative estimate of drug-likeness (QED) is 0.402. The van der Waals surface area contributed by atoms with Crippen LogP contribution in [0.25, 0.3) is 0 Å². The van der Waals surface area contributed by atoms with E-state index in [1.165, 1.54) is 13.8 Å². The van der Waals surface area contributed by atoms with Gasteiger partial charge in [0.1, 0.15) is 5.76 Å². The third-order valence-corrected chi connectivity index (χ3v) is 1.61. The number of hydrogen-bond acceptors (Lipinski definition) is 4. The first-order valence-electron chi connectivity index (χ1n) is 4.33. The number of carboxylic acid groups (broad SMARTS) is 1. The lowest BCUT2D eigenvalue weighted by Crippen LogP contribution is -2.12. The lowest BCUT2D eigenvalue weighted by atomic mass is 10.1. The molecule has 0 aromatic carbocycles. The van der Waals surface area contributed by atoms with Crippen molar-refractivity contribution in [3.05, 3.63) is 24.0 Å². The molecule has 0 bridgehead atoms. The van der Waals surface area contributed by atoms with Gasteiger partial charge in [-0.1, -0.05) is 6.58 Å². The first kappa shape index (κ1) is 13.4. The summed E-state index contributed by atoms with van der Waals surface area (Å²) in [6, 6.07) is 0. The number of aliphatic carboxylic acids is 1. The smallest absolute Gasteiger partial charge is 0.335 e. The van der Waals surface area contributed by atoms with Crippen LogP contribution in [0.4, 0.5) is 0 Å². The van der Waals surface area contributed by atoms with Crippen LogP contribution in [0.2, 0.25) is 0 Å². The van der Waals surface area contributed by atoms with E-state index < -0.39 is 18.0 Å². The number of aliphatic hydroxyl groups is 1. The topological polar surface area (TPSA) is 83.8 Å². The highest BCUT2D eigenvalue weighted by molar-refractivity contribution is 5.88. The Labute approximate surface area is 87.7 Å². The molecule has 15 heavy (non-hydrogen) atoms. The van der Waals surface area contributed by atoms with Crippen molar-refractivity contribution >= 4 is 11.9 Å². The molecule has 0 aliphatic rings. The number of hydrogen-bond donors (Lipinski definition) is 2. The van der Waals surface area contributed by atoms with Gasteiger partial charge in [-0.15, -0.1) is 0 Å². The molecule has 0 heterocycles. The summed E-state index contributed by atoms with van der Waals surface area (Å²) in [5.41, 5.74) is -0.105. The normalized spacial score (nSPS) is 13.8. The monoisotopic (exact) mass is 214 g/mol. The number of rotatable bonds is 5. The molecule has 0 saturated heterocycles. The maximum atomic E-state index is 10.9. The second kappa shape index (κ2) is 5.98. The SMILES string of the molecule is C=CC(=O)O/C(CC(C)O)=C(\C)C(=O)O. The predicted octanol–water partition coefficient (Wildman–Crippen LogP) is 0.845. The maximum Gasteiger partial charge on any atom is 0.335 e. The fraction of sp³-hybridized carbons (Fsp3) is 0.400. The second-order valence-electron chi connectivity index (χ2n) is 3.03. The minimum absolute atomic E-state index is 0.0300. The zero-order chi connectivity index (χ0) is 12.0. The summed E-state index contributed by atoms with van der Waals surface area (Å²) in [5, 5.41) is 17.8. The number of carbonyl (C=O) groups is 2. The van der Waals surface area contributed by atoms with E-state index in [9.17, 15) is 9.59 Å². The molecule has 0 aromatic rings. The molecule has 0 radical (unpaired) electrons. The van der Waals surface area contributed by atoms with E-state index in [2.05, 4.69) is 6.58 Å². The number of ether oxygens (including phenoxy) is 1. The van der Waals surface area contributed by atoms with Crippen molar-refractivity contribution in [1.82, 2.24) is 0 Å². The molecule has 0 aliphatic heterocycles. The van der Waals surface area contributed by atoms with E-state index in [-0.39, 0.29) is 17.8 Å². The molecule has 0 aromatic heterocycles. The molecule has 2 N–H and O–H groups in total. The van der Waals surface area contributed by atoms with Crippen LogP contribution < -0.4 is 0 Å². The van der Waals surface area contributed by atoms with Gasteiger partial charge in [0.2, 0.25) is 0 Å². The molecule has 0 saturated carbocycles. The maximum absolute atomic E-state index is 10.9. The van der Waals surface area contributed by atoms with Crippen molar-refractivity contribution in [3.8, 4) is 0 Å². The van der Waals surface area contributed by atoms with Crippen LogP contribution in [0.1, 0.15) is 20.3 Å². The molecule has 5 heteroatoms. The zero-order valence-electron chi connectivity index (χ0n) is 8.69. The van der Waals surface area contributed by atoms with Crippen LogP contribution in [-0.2, 0) is 14.3 Å². The highest BCUT2D eigenvalue weighted by Gasteiger charge is 2.15. The van der Waals surface area contributed by atoms with Gasteiger partial charge in [-0.05, 0) is 13.8 Å². The summed E-state index contributed by atoms with van der Waals surface area (Å²) in [4.78, 5) is 21.5. The van der Waals surface area contributed by atoms with Gasteiger partial charge in [0, 0.05) is 12.5 Å². The summed E-state index contributed by atoms with van der Waals surface area (Å²) in [6.45, 7) is 5.96. The minimum atomic E-state index is -1.19. The minimum Gasteiger partial charge on any atom is -0.478 e. The zero-order valence-corrected chi connectivity index (χ0v) is 8.69. The Balaban J connectivity index is 4.88. The Bertz CT molecular complexity index is 301. The third-order valence-electron chi connectivity index (χ3n) is 1.61. The Hall–Kier alpha value is -1.62. The molecule has 84 valence electrons. The molecule has 0 aliphatic carbocycles. The number of carbonyl (C=O) groups excluding carboxylic acids is 1. The summed E-state index contributed by atoms with van der Waals surface area (Å²) in [7, 11) is 0. The Kier molecular flexibility index (Phi) is 5.33. The number of aliphatic hydroxyl groups excluding tert-OH is 1. The van der Waals surface area contributed by atoms with Crippen LogP contribution >= 0.6 is 0 Å². The summed E-state index contributed by atoms with van der Waals surface area (Å²) in [6.07, 6.45) is 0.112. The van der Waals surface area contributed by atoms with Gasteiger partial charge in [0.05, 0.1) is 11.7 Å².